The summed E-state index contributed by atoms with van der Waals surface area (Å²) in [6.45, 7) is 1.33. The molecule has 0 aliphatic rings. The van der Waals surface area contributed by atoms with Gasteiger partial charge in [0.25, 0.3) is 0 Å². The standard InChI is InChI=1S/C13H13ClN2O3/c1-8-5-12(18)10(7-17)15-16(8)11-6-9(14)3-4-13(11)19-2/h3-6,17H,7H2,1-2H3. The summed E-state index contributed by atoms with van der Waals surface area (Å²) in [4.78, 5) is 11.6. The maximum atomic E-state index is 11.6. The number of aliphatic hydroxyl groups is 1. The van der Waals surface area contributed by atoms with Crippen LogP contribution in [-0.2, 0) is 6.61 Å². The van der Waals surface area contributed by atoms with E-state index in [-0.39, 0.29) is 11.1 Å². The molecule has 6 heteroatoms. The van der Waals surface area contributed by atoms with Crippen LogP contribution >= 0.6 is 11.6 Å². The maximum Gasteiger partial charge on any atom is 0.206 e. The molecule has 19 heavy (non-hydrogen) atoms. The van der Waals surface area contributed by atoms with Crippen LogP contribution in [0.25, 0.3) is 5.69 Å². The van der Waals surface area contributed by atoms with Gasteiger partial charge in [-0.05, 0) is 25.1 Å². The van der Waals surface area contributed by atoms with E-state index in [1.165, 1.54) is 17.9 Å². The summed E-state index contributed by atoms with van der Waals surface area (Å²) < 4.78 is 6.78. The van der Waals surface area contributed by atoms with Crippen molar-refractivity contribution < 1.29 is 9.84 Å². The van der Waals surface area contributed by atoms with Gasteiger partial charge >= 0.3 is 0 Å². The van der Waals surface area contributed by atoms with E-state index in [9.17, 15) is 4.79 Å². The third-order valence-electron chi connectivity index (χ3n) is 2.70. The molecule has 0 aliphatic carbocycles. The second-order valence-corrected chi connectivity index (χ2v) is 4.42. The van der Waals surface area contributed by atoms with E-state index in [1.807, 2.05) is 0 Å². The van der Waals surface area contributed by atoms with Crippen molar-refractivity contribution in [1.82, 2.24) is 9.78 Å². The lowest BCUT2D eigenvalue weighted by molar-refractivity contribution is 0.272. The van der Waals surface area contributed by atoms with Crippen molar-refractivity contribution in [2.45, 2.75) is 13.5 Å². The first-order valence-electron chi connectivity index (χ1n) is 5.61. The monoisotopic (exact) mass is 280 g/mol. The van der Waals surface area contributed by atoms with Crippen LogP contribution in [0.15, 0.2) is 29.1 Å². The van der Waals surface area contributed by atoms with Gasteiger partial charge in [-0.2, -0.15) is 5.10 Å². The lowest BCUT2D eigenvalue weighted by Gasteiger charge is -2.14. The molecule has 0 radical (unpaired) electrons. The third kappa shape index (κ3) is 2.62. The number of hydrogen-bond acceptors (Lipinski definition) is 4. The first kappa shape index (κ1) is 13.6. The fourth-order valence-corrected chi connectivity index (χ4v) is 1.93. The topological polar surface area (TPSA) is 64.3 Å². The molecular weight excluding hydrogens is 268 g/mol. The first-order chi connectivity index (χ1) is 9.06. The van der Waals surface area contributed by atoms with Gasteiger partial charge in [0.1, 0.15) is 17.1 Å². The molecule has 1 aromatic carbocycles. The number of halogens is 1. The van der Waals surface area contributed by atoms with Crippen molar-refractivity contribution in [3.05, 3.63) is 50.9 Å². The zero-order valence-corrected chi connectivity index (χ0v) is 11.3. The molecule has 2 aromatic rings. The summed E-state index contributed by atoms with van der Waals surface area (Å²) >= 11 is 5.97. The third-order valence-corrected chi connectivity index (χ3v) is 2.93. The molecule has 0 bridgehead atoms. The van der Waals surface area contributed by atoms with Crippen molar-refractivity contribution in [3.8, 4) is 11.4 Å². The van der Waals surface area contributed by atoms with E-state index in [2.05, 4.69) is 5.10 Å². The van der Waals surface area contributed by atoms with Crippen molar-refractivity contribution in [2.75, 3.05) is 7.11 Å². The number of aromatic nitrogens is 2. The number of aryl methyl sites for hydroxylation is 1. The zero-order valence-electron chi connectivity index (χ0n) is 10.6. The Morgan fingerprint density at radius 3 is 2.79 bits per heavy atom. The van der Waals surface area contributed by atoms with E-state index >= 15 is 0 Å². The molecular formula is C13H13ClN2O3. The van der Waals surface area contributed by atoms with Gasteiger partial charge in [0, 0.05) is 16.8 Å². The zero-order chi connectivity index (χ0) is 14.0. The molecule has 1 N–H and O–H groups in total. The summed E-state index contributed by atoms with van der Waals surface area (Å²) in [5, 5.41) is 13.8. The van der Waals surface area contributed by atoms with E-state index < -0.39 is 6.61 Å². The quantitative estimate of drug-likeness (QED) is 0.929. The van der Waals surface area contributed by atoms with E-state index in [0.717, 1.165) is 0 Å². The minimum atomic E-state index is -0.415. The minimum Gasteiger partial charge on any atom is -0.494 e. The van der Waals surface area contributed by atoms with Crippen LogP contribution in [0.5, 0.6) is 5.75 Å². The summed E-state index contributed by atoms with van der Waals surface area (Å²) in [6, 6.07) is 6.52. The lowest BCUT2D eigenvalue weighted by Crippen LogP contribution is -2.19. The van der Waals surface area contributed by atoms with Crippen LogP contribution in [0.3, 0.4) is 0 Å². The molecule has 0 saturated carbocycles. The number of rotatable bonds is 3. The van der Waals surface area contributed by atoms with Crippen molar-refractivity contribution in [2.24, 2.45) is 0 Å². The van der Waals surface area contributed by atoms with Gasteiger partial charge in [-0.25, -0.2) is 4.68 Å². The van der Waals surface area contributed by atoms with Gasteiger partial charge in [-0.15, -0.1) is 0 Å². The van der Waals surface area contributed by atoms with Gasteiger partial charge in [0.05, 0.1) is 13.7 Å². The predicted molar refractivity (Wildman–Crippen MR) is 72.1 cm³/mol. The Labute approximate surface area is 115 Å². The van der Waals surface area contributed by atoms with E-state index in [0.29, 0.717) is 22.2 Å². The number of nitrogens with zero attached hydrogens (tertiary/aromatic N) is 2. The molecule has 1 aromatic heterocycles. The molecule has 0 atom stereocenters. The fourth-order valence-electron chi connectivity index (χ4n) is 1.77. The van der Waals surface area contributed by atoms with Crippen LogP contribution in [-0.4, -0.2) is 22.0 Å². The largest absolute Gasteiger partial charge is 0.494 e. The van der Waals surface area contributed by atoms with E-state index in [1.54, 1.807) is 25.1 Å². The lowest BCUT2D eigenvalue weighted by atomic mass is 10.2. The molecule has 100 valence electrons. The Hall–Kier alpha value is -1.85. The Morgan fingerprint density at radius 1 is 1.42 bits per heavy atom. The molecule has 0 saturated heterocycles. The maximum absolute atomic E-state index is 11.6. The van der Waals surface area contributed by atoms with Gasteiger partial charge in [0.2, 0.25) is 5.43 Å². The number of benzene rings is 1. The number of methoxy groups -OCH3 is 1. The first-order valence-corrected chi connectivity index (χ1v) is 5.99. The number of aliphatic hydroxyl groups excluding tert-OH is 1. The highest BCUT2D eigenvalue weighted by Crippen LogP contribution is 2.26. The second kappa shape index (κ2) is 5.42. The molecule has 5 nitrogen and oxygen atoms in total. The van der Waals surface area contributed by atoms with Crippen molar-refractivity contribution in [3.63, 3.8) is 0 Å². The van der Waals surface area contributed by atoms with Crippen molar-refractivity contribution in [1.29, 1.82) is 0 Å². The summed E-state index contributed by atoms with van der Waals surface area (Å²) in [6.07, 6.45) is 0. The molecule has 0 unspecified atom stereocenters. The normalized spacial score (nSPS) is 10.5. The van der Waals surface area contributed by atoms with Crippen LogP contribution in [0.1, 0.15) is 11.4 Å². The van der Waals surface area contributed by atoms with Crippen LogP contribution in [0.2, 0.25) is 5.02 Å². The highest BCUT2D eigenvalue weighted by atomic mass is 35.5. The summed E-state index contributed by atoms with van der Waals surface area (Å²) in [5.41, 5.74) is 1.02. The van der Waals surface area contributed by atoms with Crippen LogP contribution < -0.4 is 10.2 Å². The second-order valence-electron chi connectivity index (χ2n) is 3.98. The highest BCUT2D eigenvalue weighted by Gasteiger charge is 2.11. The Morgan fingerprint density at radius 2 is 2.16 bits per heavy atom. The van der Waals surface area contributed by atoms with Crippen LogP contribution in [0, 0.1) is 6.92 Å². The van der Waals surface area contributed by atoms with Crippen LogP contribution in [0.4, 0.5) is 0 Å². The average Bonchev–Trinajstić information content (AvgIpc) is 2.39. The minimum absolute atomic E-state index is 0.0765. The molecule has 0 amide bonds. The van der Waals surface area contributed by atoms with Gasteiger partial charge in [0.15, 0.2) is 0 Å². The van der Waals surface area contributed by atoms with Crippen molar-refractivity contribution >= 4 is 11.6 Å². The number of ether oxygens (including phenoxy) is 1. The van der Waals surface area contributed by atoms with Gasteiger partial charge < -0.3 is 9.84 Å². The molecule has 2 rings (SSSR count). The summed E-state index contributed by atoms with van der Waals surface area (Å²) in [5.74, 6) is 0.576. The molecule has 0 spiro atoms. The fraction of sp³-hybridized carbons (Fsp3) is 0.231. The smallest absolute Gasteiger partial charge is 0.206 e. The average molecular weight is 281 g/mol. The Kier molecular flexibility index (Phi) is 3.87. The van der Waals surface area contributed by atoms with E-state index in [4.69, 9.17) is 21.4 Å². The SMILES string of the molecule is COc1ccc(Cl)cc1-n1nc(CO)c(=O)cc1C. The Bertz CT molecular complexity index is 667. The van der Waals surface area contributed by atoms with Gasteiger partial charge in [-0.3, -0.25) is 4.79 Å². The molecule has 0 aliphatic heterocycles. The number of hydrogen-bond donors (Lipinski definition) is 1. The Balaban J connectivity index is 2.71. The highest BCUT2D eigenvalue weighted by molar-refractivity contribution is 6.30. The predicted octanol–water partition coefficient (Wildman–Crippen LogP) is 1.70. The molecule has 1 heterocycles. The molecule has 0 fully saturated rings. The summed E-state index contributed by atoms with van der Waals surface area (Å²) in [7, 11) is 1.54. The van der Waals surface area contributed by atoms with Gasteiger partial charge in [-0.1, -0.05) is 11.6 Å².